The molecule has 0 saturated carbocycles. The van der Waals surface area contributed by atoms with E-state index in [1.54, 1.807) is 30.5 Å². The molecule has 0 spiro atoms. The summed E-state index contributed by atoms with van der Waals surface area (Å²) in [6.07, 6.45) is 1.83. The SMILES string of the molecule is CCOC(=O)C1=C(C)N=c2s/c(=C/c3ccc(OCc4cccc5ccccc45)cc3)c(=O)n2C1c1ccc2c(c1)OCO2. The molecule has 7 rings (SSSR count). The Hall–Kier alpha value is -5.15. The van der Waals surface area contributed by atoms with E-state index in [0.717, 1.165) is 16.9 Å². The van der Waals surface area contributed by atoms with Crippen molar-refractivity contribution in [3.63, 3.8) is 0 Å². The van der Waals surface area contributed by atoms with Gasteiger partial charge in [-0.15, -0.1) is 0 Å². The average Bonchev–Trinajstić information content (AvgIpc) is 3.63. The molecule has 2 aliphatic rings. The quantitative estimate of drug-likeness (QED) is 0.236. The van der Waals surface area contributed by atoms with Gasteiger partial charge in [-0.3, -0.25) is 9.36 Å². The number of carbonyl (C=O) groups excluding carboxylic acids is 1. The van der Waals surface area contributed by atoms with E-state index >= 15 is 0 Å². The van der Waals surface area contributed by atoms with Crippen molar-refractivity contribution in [3.8, 4) is 17.2 Å². The van der Waals surface area contributed by atoms with Gasteiger partial charge in [0.15, 0.2) is 16.3 Å². The smallest absolute Gasteiger partial charge is 0.338 e. The van der Waals surface area contributed by atoms with E-state index in [0.29, 0.717) is 44.3 Å². The number of nitrogens with zero attached hydrogens (tertiary/aromatic N) is 2. The third-order valence-corrected chi connectivity index (χ3v) is 8.66. The third kappa shape index (κ3) is 5.05. The van der Waals surface area contributed by atoms with Gasteiger partial charge in [0.05, 0.1) is 28.5 Å². The Morgan fingerprint density at radius 1 is 1.02 bits per heavy atom. The van der Waals surface area contributed by atoms with Crippen LogP contribution in [0, 0.1) is 0 Å². The summed E-state index contributed by atoms with van der Waals surface area (Å²) in [7, 11) is 0. The van der Waals surface area contributed by atoms with Crippen molar-refractivity contribution in [2.45, 2.75) is 26.5 Å². The minimum atomic E-state index is -0.730. The first-order valence-electron chi connectivity index (χ1n) is 14.3. The molecule has 0 aliphatic carbocycles. The zero-order valence-electron chi connectivity index (χ0n) is 24.1. The summed E-state index contributed by atoms with van der Waals surface area (Å²) < 4.78 is 24.6. The molecule has 1 unspecified atom stereocenters. The molecule has 220 valence electrons. The summed E-state index contributed by atoms with van der Waals surface area (Å²) >= 11 is 1.28. The molecular formula is C35H28N2O6S. The molecule has 3 heterocycles. The molecule has 0 bridgehead atoms. The standard InChI is InChI=1S/C35H28N2O6S/c1-3-40-34(39)31-21(2)36-35-37(32(31)24-13-16-28-29(18-24)43-20-42-28)33(38)30(44-35)17-22-11-14-26(15-12-22)41-19-25-9-6-8-23-7-4-5-10-27(23)25/h4-18,32H,3,19-20H2,1-2H3/b30-17+. The molecule has 0 N–H and O–H groups in total. The lowest BCUT2D eigenvalue weighted by molar-refractivity contribution is -0.139. The number of aromatic nitrogens is 1. The van der Waals surface area contributed by atoms with Gasteiger partial charge in [-0.2, -0.15) is 0 Å². The van der Waals surface area contributed by atoms with Crippen LogP contribution in [0.15, 0.2) is 106 Å². The van der Waals surface area contributed by atoms with Gasteiger partial charge in [0.1, 0.15) is 12.4 Å². The number of benzene rings is 4. The predicted octanol–water partition coefficient (Wildman–Crippen LogP) is 5.26. The molecule has 4 aromatic carbocycles. The van der Waals surface area contributed by atoms with Crippen molar-refractivity contribution in [2.24, 2.45) is 4.99 Å². The molecule has 1 atom stereocenters. The third-order valence-electron chi connectivity index (χ3n) is 7.68. The summed E-state index contributed by atoms with van der Waals surface area (Å²) in [5.41, 5.74) is 3.23. The van der Waals surface area contributed by atoms with Gasteiger partial charge < -0.3 is 18.9 Å². The second-order valence-corrected chi connectivity index (χ2v) is 11.4. The van der Waals surface area contributed by atoms with Crippen LogP contribution in [0.2, 0.25) is 0 Å². The summed E-state index contributed by atoms with van der Waals surface area (Å²) in [5.74, 6) is 1.40. The highest BCUT2D eigenvalue weighted by Crippen LogP contribution is 2.38. The molecule has 9 heteroatoms. The zero-order valence-corrected chi connectivity index (χ0v) is 24.9. The number of ether oxygens (including phenoxy) is 4. The van der Waals surface area contributed by atoms with Crippen LogP contribution in [0.1, 0.15) is 36.6 Å². The van der Waals surface area contributed by atoms with Gasteiger partial charge in [-0.1, -0.05) is 72.0 Å². The van der Waals surface area contributed by atoms with Gasteiger partial charge in [-0.05, 0) is 71.7 Å². The highest BCUT2D eigenvalue weighted by atomic mass is 32.1. The van der Waals surface area contributed by atoms with Crippen LogP contribution in [-0.2, 0) is 16.1 Å². The van der Waals surface area contributed by atoms with Gasteiger partial charge in [0.2, 0.25) is 6.79 Å². The van der Waals surface area contributed by atoms with Crippen LogP contribution >= 0.6 is 11.3 Å². The highest BCUT2D eigenvalue weighted by Gasteiger charge is 2.34. The zero-order chi connectivity index (χ0) is 30.2. The number of hydrogen-bond donors (Lipinski definition) is 0. The summed E-state index contributed by atoms with van der Waals surface area (Å²) in [6, 6.07) is 26.8. The number of hydrogen-bond acceptors (Lipinski definition) is 8. The fourth-order valence-corrected chi connectivity index (χ4v) is 6.63. The van der Waals surface area contributed by atoms with Crippen LogP contribution in [0.5, 0.6) is 17.2 Å². The Bertz CT molecular complexity index is 2120. The molecule has 5 aromatic rings. The number of rotatable bonds is 7. The highest BCUT2D eigenvalue weighted by molar-refractivity contribution is 7.07. The monoisotopic (exact) mass is 604 g/mol. The average molecular weight is 605 g/mol. The maximum absolute atomic E-state index is 13.9. The van der Waals surface area contributed by atoms with E-state index in [-0.39, 0.29) is 19.0 Å². The van der Waals surface area contributed by atoms with E-state index in [1.165, 1.54) is 22.1 Å². The van der Waals surface area contributed by atoms with Gasteiger partial charge in [-0.25, -0.2) is 9.79 Å². The van der Waals surface area contributed by atoms with Crippen LogP contribution in [-0.4, -0.2) is 23.9 Å². The molecule has 0 saturated heterocycles. The predicted molar refractivity (Wildman–Crippen MR) is 168 cm³/mol. The molecular weight excluding hydrogens is 576 g/mol. The van der Waals surface area contributed by atoms with Crippen LogP contribution in [0.25, 0.3) is 16.8 Å². The Morgan fingerprint density at radius 3 is 2.66 bits per heavy atom. The molecule has 2 aliphatic heterocycles. The lowest BCUT2D eigenvalue weighted by Crippen LogP contribution is -2.39. The number of esters is 1. The molecule has 1 aromatic heterocycles. The lowest BCUT2D eigenvalue weighted by atomic mass is 9.95. The lowest BCUT2D eigenvalue weighted by Gasteiger charge is -2.24. The minimum absolute atomic E-state index is 0.119. The van der Waals surface area contributed by atoms with Crippen molar-refractivity contribution in [2.75, 3.05) is 13.4 Å². The second-order valence-electron chi connectivity index (χ2n) is 10.4. The van der Waals surface area contributed by atoms with Crippen molar-refractivity contribution in [1.82, 2.24) is 4.57 Å². The van der Waals surface area contributed by atoms with E-state index in [2.05, 4.69) is 29.3 Å². The Morgan fingerprint density at radius 2 is 1.82 bits per heavy atom. The van der Waals surface area contributed by atoms with Gasteiger partial charge in [0, 0.05) is 0 Å². The molecule has 0 radical (unpaired) electrons. The largest absolute Gasteiger partial charge is 0.489 e. The first kappa shape index (κ1) is 27.7. The molecule has 8 nitrogen and oxygen atoms in total. The van der Waals surface area contributed by atoms with E-state index in [4.69, 9.17) is 18.9 Å². The van der Waals surface area contributed by atoms with Gasteiger partial charge >= 0.3 is 5.97 Å². The number of fused-ring (bicyclic) bond motifs is 3. The number of carbonyl (C=O) groups is 1. The minimum Gasteiger partial charge on any atom is -0.489 e. The van der Waals surface area contributed by atoms with Crippen LogP contribution in [0.3, 0.4) is 0 Å². The Kier molecular flexibility index (Phi) is 7.23. The summed E-state index contributed by atoms with van der Waals surface area (Å²) in [5, 5.41) is 2.35. The first-order chi connectivity index (χ1) is 21.5. The van der Waals surface area contributed by atoms with Crippen molar-refractivity contribution >= 4 is 34.2 Å². The van der Waals surface area contributed by atoms with Gasteiger partial charge in [0.25, 0.3) is 5.56 Å². The Balaban J connectivity index is 1.21. The maximum Gasteiger partial charge on any atom is 0.338 e. The summed E-state index contributed by atoms with van der Waals surface area (Å²) in [4.78, 5) is 32.2. The molecule has 0 amide bonds. The molecule has 0 fully saturated rings. The number of allylic oxidation sites excluding steroid dienone is 1. The second kappa shape index (κ2) is 11.5. The van der Waals surface area contributed by atoms with Crippen molar-refractivity contribution < 1.29 is 23.7 Å². The first-order valence-corrected chi connectivity index (χ1v) is 15.1. The summed E-state index contributed by atoms with van der Waals surface area (Å²) in [6.45, 7) is 4.28. The van der Waals surface area contributed by atoms with E-state index < -0.39 is 12.0 Å². The van der Waals surface area contributed by atoms with Crippen molar-refractivity contribution in [1.29, 1.82) is 0 Å². The normalized spacial score (nSPS) is 15.7. The van der Waals surface area contributed by atoms with Crippen molar-refractivity contribution in [3.05, 3.63) is 133 Å². The molecule has 44 heavy (non-hydrogen) atoms. The fourth-order valence-electron chi connectivity index (χ4n) is 5.58. The van der Waals surface area contributed by atoms with E-state index in [1.807, 2.05) is 54.6 Å². The maximum atomic E-state index is 13.9. The topological polar surface area (TPSA) is 88.4 Å². The van der Waals surface area contributed by atoms with Crippen LogP contribution < -0.4 is 29.1 Å². The van der Waals surface area contributed by atoms with E-state index in [9.17, 15) is 9.59 Å². The fraction of sp³-hybridized carbons (Fsp3) is 0.171. The van der Waals surface area contributed by atoms with Crippen LogP contribution in [0.4, 0.5) is 0 Å². The Labute approximate surface area is 256 Å². The number of thiazole rings is 1.